The summed E-state index contributed by atoms with van der Waals surface area (Å²) in [7, 11) is 0. The molecule has 1 aromatic rings. The molecule has 20 heavy (non-hydrogen) atoms. The molecule has 0 fully saturated rings. The van der Waals surface area contributed by atoms with E-state index in [2.05, 4.69) is 46.0 Å². The third-order valence-electron chi connectivity index (χ3n) is 3.90. The number of benzene rings is 1. The number of nitrogens with one attached hydrogen (secondary N) is 1. The van der Waals surface area contributed by atoms with E-state index < -0.39 is 0 Å². The van der Waals surface area contributed by atoms with Gasteiger partial charge < -0.3 is 14.8 Å². The summed E-state index contributed by atoms with van der Waals surface area (Å²) >= 11 is 0. The zero-order chi connectivity index (χ0) is 14.8. The first-order valence-corrected chi connectivity index (χ1v) is 7.52. The molecule has 0 bridgehead atoms. The number of rotatable bonds is 6. The highest BCUT2D eigenvalue weighted by atomic mass is 16.5. The third kappa shape index (κ3) is 3.66. The summed E-state index contributed by atoms with van der Waals surface area (Å²) in [5.74, 6) is 1.79. The maximum Gasteiger partial charge on any atom is 0.165 e. The molecule has 0 amide bonds. The maximum absolute atomic E-state index is 6.00. The summed E-state index contributed by atoms with van der Waals surface area (Å²) in [4.78, 5) is 0. The molecule has 1 aliphatic heterocycles. The number of hydrogen-bond donors (Lipinski definition) is 1. The fraction of sp³-hybridized carbons (Fsp3) is 0.647. The summed E-state index contributed by atoms with van der Waals surface area (Å²) in [6, 6.07) is 6.16. The van der Waals surface area contributed by atoms with E-state index >= 15 is 0 Å². The average molecular weight is 277 g/mol. The fourth-order valence-corrected chi connectivity index (χ4v) is 2.38. The maximum atomic E-state index is 6.00. The van der Waals surface area contributed by atoms with Crippen LogP contribution in [0.1, 0.15) is 46.6 Å². The molecule has 0 saturated heterocycles. The van der Waals surface area contributed by atoms with Gasteiger partial charge in [-0.05, 0) is 40.2 Å². The SMILES string of the molecule is CCC(C)(C)NCCOc1cccc2c1OC(C)(C)C2. The predicted octanol–water partition coefficient (Wildman–Crippen LogP) is 3.56. The molecule has 1 aromatic carbocycles. The average Bonchev–Trinajstić information content (AvgIpc) is 2.69. The van der Waals surface area contributed by atoms with Gasteiger partial charge >= 0.3 is 0 Å². The van der Waals surface area contributed by atoms with Gasteiger partial charge in [-0.1, -0.05) is 19.1 Å². The molecule has 0 saturated carbocycles. The van der Waals surface area contributed by atoms with Crippen molar-refractivity contribution in [1.82, 2.24) is 5.32 Å². The standard InChI is InChI=1S/C17H27NO2/c1-6-16(2,3)18-10-11-19-14-9-7-8-13-12-17(4,5)20-15(13)14/h7-9,18H,6,10-12H2,1-5H3. The summed E-state index contributed by atoms with van der Waals surface area (Å²) in [6.45, 7) is 12.3. The van der Waals surface area contributed by atoms with E-state index in [1.807, 2.05) is 12.1 Å². The van der Waals surface area contributed by atoms with Gasteiger partial charge in [-0.15, -0.1) is 0 Å². The Bertz CT molecular complexity index is 466. The van der Waals surface area contributed by atoms with E-state index in [-0.39, 0.29) is 11.1 Å². The molecule has 1 N–H and O–H groups in total. The molecule has 0 atom stereocenters. The van der Waals surface area contributed by atoms with Crippen molar-refractivity contribution in [2.24, 2.45) is 0 Å². The smallest absolute Gasteiger partial charge is 0.165 e. The van der Waals surface area contributed by atoms with Crippen molar-refractivity contribution in [3.63, 3.8) is 0 Å². The van der Waals surface area contributed by atoms with Crippen LogP contribution in [0.25, 0.3) is 0 Å². The zero-order valence-corrected chi connectivity index (χ0v) is 13.4. The van der Waals surface area contributed by atoms with Crippen LogP contribution in [0.3, 0.4) is 0 Å². The van der Waals surface area contributed by atoms with Gasteiger partial charge in [-0.3, -0.25) is 0 Å². The lowest BCUT2D eigenvalue weighted by molar-refractivity contribution is 0.132. The van der Waals surface area contributed by atoms with Gasteiger partial charge in [0.05, 0.1) is 0 Å². The molecule has 112 valence electrons. The minimum Gasteiger partial charge on any atom is -0.488 e. The second kappa shape index (κ2) is 5.65. The normalized spacial score (nSPS) is 16.6. The van der Waals surface area contributed by atoms with Crippen LogP contribution in [0.2, 0.25) is 0 Å². The van der Waals surface area contributed by atoms with Gasteiger partial charge in [0, 0.05) is 24.1 Å². The van der Waals surface area contributed by atoms with Crippen molar-refractivity contribution < 1.29 is 9.47 Å². The lowest BCUT2D eigenvalue weighted by atomic mass is 10.0. The first-order valence-electron chi connectivity index (χ1n) is 7.52. The van der Waals surface area contributed by atoms with Gasteiger partial charge in [0.1, 0.15) is 12.2 Å². The summed E-state index contributed by atoms with van der Waals surface area (Å²) in [5.41, 5.74) is 1.29. The second-order valence-electron chi connectivity index (χ2n) is 6.80. The van der Waals surface area contributed by atoms with Gasteiger partial charge in [0.15, 0.2) is 11.5 Å². The molecule has 1 heterocycles. The molecule has 2 rings (SSSR count). The predicted molar refractivity (Wildman–Crippen MR) is 82.7 cm³/mol. The van der Waals surface area contributed by atoms with Crippen molar-refractivity contribution in [3.8, 4) is 11.5 Å². The summed E-state index contributed by atoms with van der Waals surface area (Å²) in [6.07, 6.45) is 2.05. The van der Waals surface area contributed by atoms with Crippen LogP contribution in [-0.2, 0) is 6.42 Å². The topological polar surface area (TPSA) is 30.5 Å². The van der Waals surface area contributed by atoms with E-state index in [1.54, 1.807) is 0 Å². The Balaban J connectivity index is 1.91. The first kappa shape index (κ1) is 15.2. The van der Waals surface area contributed by atoms with Crippen LogP contribution in [0.4, 0.5) is 0 Å². The minimum absolute atomic E-state index is 0.121. The van der Waals surface area contributed by atoms with Crippen LogP contribution >= 0.6 is 0 Å². The quantitative estimate of drug-likeness (QED) is 0.807. The Kier molecular flexibility index (Phi) is 4.28. The molecular formula is C17H27NO2. The Labute approximate surface area is 122 Å². The molecule has 0 radical (unpaired) electrons. The van der Waals surface area contributed by atoms with Crippen LogP contribution in [0.5, 0.6) is 11.5 Å². The summed E-state index contributed by atoms with van der Waals surface area (Å²) in [5, 5.41) is 3.50. The Morgan fingerprint density at radius 1 is 1.35 bits per heavy atom. The highest BCUT2D eigenvalue weighted by Gasteiger charge is 2.32. The number of ether oxygens (including phenoxy) is 2. The molecule has 3 heteroatoms. The van der Waals surface area contributed by atoms with E-state index in [9.17, 15) is 0 Å². The second-order valence-corrected chi connectivity index (χ2v) is 6.80. The van der Waals surface area contributed by atoms with Crippen molar-refractivity contribution >= 4 is 0 Å². The van der Waals surface area contributed by atoms with Crippen LogP contribution in [0.15, 0.2) is 18.2 Å². The lowest BCUT2D eigenvalue weighted by Gasteiger charge is -2.24. The fourth-order valence-electron chi connectivity index (χ4n) is 2.38. The van der Waals surface area contributed by atoms with Gasteiger partial charge in [-0.2, -0.15) is 0 Å². The van der Waals surface area contributed by atoms with Crippen molar-refractivity contribution in [3.05, 3.63) is 23.8 Å². The molecule has 0 aromatic heterocycles. The van der Waals surface area contributed by atoms with E-state index in [0.717, 1.165) is 30.9 Å². The molecular weight excluding hydrogens is 250 g/mol. The monoisotopic (exact) mass is 277 g/mol. The van der Waals surface area contributed by atoms with Crippen molar-refractivity contribution in [2.75, 3.05) is 13.2 Å². The molecule has 0 aliphatic carbocycles. The van der Waals surface area contributed by atoms with E-state index in [1.165, 1.54) is 5.56 Å². The highest BCUT2D eigenvalue weighted by Crippen LogP contribution is 2.41. The minimum atomic E-state index is -0.121. The third-order valence-corrected chi connectivity index (χ3v) is 3.90. The van der Waals surface area contributed by atoms with E-state index in [4.69, 9.17) is 9.47 Å². The molecule has 1 aliphatic rings. The number of hydrogen-bond acceptors (Lipinski definition) is 3. The van der Waals surface area contributed by atoms with Gasteiger partial charge in [-0.25, -0.2) is 0 Å². The molecule has 0 spiro atoms. The highest BCUT2D eigenvalue weighted by molar-refractivity contribution is 5.50. The lowest BCUT2D eigenvalue weighted by Crippen LogP contribution is -2.40. The molecule has 3 nitrogen and oxygen atoms in total. The largest absolute Gasteiger partial charge is 0.488 e. The van der Waals surface area contributed by atoms with Crippen LogP contribution in [0, 0.1) is 0 Å². The zero-order valence-electron chi connectivity index (χ0n) is 13.4. The van der Waals surface area contributed by atoms with Gasteiger partial charge in [0.25, 0.3) is 0 Å². The van der Waals surface area contributed by atoms with Crippen molar-refractivity contribution in [1.29, 1.82) is 0 Å². The summed E-state index contributed by atoms with van der Waals surface area (Å²) < 4.78 is 11.9. The van der Waals surface area contributed by atoms with E-state index in [0.29, 0.717) is 6.61 Å². The molecule has 0 unspecified atom stereocenters. The van der Waals surface area contributed by atoms with Crippen LogP contribution < -0.4 is 14.8 Å². The van der Waals surface area contributed by atoms with Gasteiger partial charge in [0.2, 0.25) is 0 Å². The van der Waals surface area contributed by atoms with Crippen molar-refractivity contribution in [2.45, 2.75) is 58.6 Å². The number of para-hydroxylation sites is 1. The Morgan fingerprint density at radius 3 is 2.80 bits per heavy atom. The van der Waals surface area contributed by atoms with Crippen LogP contribution in [-0.4, -0.2) is 24.3 Å². The number of fused-ring (bicyclic) bond motifs is 1. The first-order chi connectivity index (χ1) is 9.33. The Hall–Kier alpha value is -1.22. The Morgan fingerprint density at radius 2 is 2.10 bits per heavy atom.